The van der Waals surface area contributed by atoms with Gasteiger partial charge in [0.05, 0.1) is 6.04 Å². The van der Waals surface area contributed by atoms with Crippen molar-refractivity contribution in [2.24, 2.45) is 0 Å². The van der Waals surface area contributed by atoms with Crippen molar-refractivity contribution in [2.45, 2.75) is 56.9 Å². The standard InChI is InChI=1S/C25H33N5O4/c31-16-22(32)24-20-13-17(14-28-9-5-19(6-10-28)29-11-7-26-8-12-29)1-2-18(20)15-30(24)21-3-4-23(33)27-25(21)34/h1-2,13,16,19,21,24,26H,3-12,14-15H2,(H,27,33,34). The topological polar surface area (TPSA) is 102 Å². The van der Waals surface area contributed by atoms with Gasteiger partial charge in [-0.05, 0) is 49.0 Å². The largest absolute Gasteiger partial charge is 0.314 e. The van der Waals surface area contributed by atoms with Crippen molar-refractivity contribution in [2.75, 3.05) is 39.3 Å². The zero-order valence-electron chi connectivity index (χ0n) is 19.5. The molecule has 0 radical (unpaired) electrons. The molecule has 3 saturated heterocycles. The van der Waals surface area contributed by atoms with Crippen LogP contribution in [0.2, 0.25) is 0 Å². The number of fused-ring (bicyclic) bond motifs is 1. The van der Waals surface area contributed by atoms with Crippen molar-refractivity contribution in [1.29, 1.82) is 0 Å². The maximum Gasteiger partial charge on any atom is 0.243 e. The Bertz CT molecular complexity index is 968. The molecular weight excluding hydrogens is 434 g/mol. The van der Waals surface area contributed by atoms with Crippen LogP contribution in [0.15, 0.2) is 18.2 Å². The molecule has 2 N–H and O–H groups in total. The van der Waals surface area contributed by atoms with Crippen LogP contribution in [0.1, 0.15) is 48.4 Å². The molecule has 9 nitrogen and oxygen atoms in total. The molecule has 2 unspecified atom stereocenters. The summed E-state index contributed by atoms with van der Waals surface area (Å²) in [6.07, 6.45) is 3.28. The van der Waals surface area contributed by atoms with E-state index < -0.39 is 17.9 Å². The number of ketones is 1. The maximum atomic E-state index is 12.7. The molecule has 1 aromatic rings. The molecule has 4 aliphatic rings. The molecule has 0 aromatic heterocycles. The predicted molar refractivity (Wildman–Crippen MR) is 125 cm³/mol. The fourth-order valence-electron chi connectivity index (χ4n) is 6.03. The average molecular weight is 468 g/mol. The molecule has 4 aliphatic heterocycles. The van der Waals surface area contributed by atoms with Crippen LogP contribution in [0.3, 0.4) is 0 Å². The Hall–Kier alpha value is -2.46. The van der Waals surface area contributed by atoms with E-state index in [1.807, 2.05) is 12.1 Å². The molecule has 0 spiro atoms. The molecule has 2 amide bonds. The van der Waals surface area contributed by atoms with Gasteiger partial charge < -0.3 is 5.32 Å². The van der Waals surface area contributed by atoms with Crippen LogP contribution in [0, 0.1) is 0 Å². The van der Waals surface area contributed by atoms with E-state index in [4.69, 9.17) is 0 Å². The number of nitrogens with zero attached hydrogens (tertiary/aromatic N) is 3. The van der Waals surface area contributed by atoms with E-state index in [1.165, 1.54) is 12.8 Å². The first-order valence-corrected chi connectivity index (χ1v) is 12.4. The minimum Gasteiger partial charge on any atom is -0.314 e. The Morgan fingerprint density at radius 1 is 1.06 bits per heavy atom. The van der Waals surface area contributed by atoms with E-state index in [0.29, 0.717) is 25.3 Å². The van der Waals surface area contributed by atoms with Crippen LogP contribution in [0.4, 0.5) is 0 Å². The molecule has 5 rings (SSSR count). The summed E-state index contributed by atoms with van der Waals surface area (Å²) in [6, 6.07) is 5.46. The van der Waals surface area contributed by atoms with Crippen molar-refractivity contribution in [1.82, 2.24) is 25.3 Å². The summed E-state index contributed by atoms with van der Waals surface area (Å²) in [5.41, 5.74) is 2.90. The van der Waals surface area contributed by atoms with Gasteiger partial charge in [0.15, 0.2) is 6.29 Å². The van der Waals surface area contributed by atoms with Crippen LogP contribution < -0.4 is 10.6 Å². The molecule has 0 saturated carbocycles. The summed E-state index contributed by atoms with van der Waals surface area (Å²) in [5.74, 6) is -1.22. The quantitative estimate of drug-likeness (QED) is 0.342. The second-order valence-electron chi connectivity index (χ2n) is 9.89. The number of hydrogen-bond donors (Lipinski definition) is 2. The lowest BCUT2D eigenvalue weighted by Gasteiger charge is -2.40. The van der Waals surface area contributed by atoms with Crippen molar-refractivity contribution >= 4 is 23.9 Å². The molecule has 1 aromatic carbocycles. The fraction of sp³-hybridized carbons (Fsp3) is 0.600. The zero-order chi connectivity index (χ0) is 23.7. The third kappa shape index (κ3) is 4.70. The van der Waals surface area contributed by atoms with Gasteiger partial charge in [0, 0.05) is 51.7 Å². The van der Waals surface area contributed by atoms with Crippen LogP contribution >= 0.6 is 0 Å². The number of amides is 2. The molecule has 0 bridgehead atoms. The lowest BCUT2D eigenvalue weighted by Crippen LogP contribution is -2.52. The van der Waals surface area contributed by atoms with Crippen molar-refractivity contribution < 1.29 is 19.2 Å². The minimum atomic E-state index is -0.769. The number of carbonyl (C=O) groups is 4. The van der Waals surface area contributed by atoms with E-state index >= 15 is 0 Å². The Balaban J connectivity index is 1.27. The molecule has 3 fully saturated rings. The lowest BCUT2D eigenvalue weighted by molar-refractivity contribution is -0.141. The van der Waals surface area contributed by atoms with E-state index in [1.54, 1.807) is 4.90 Å². The number of rotatable bonds is 6. The first-order valence-electron chi connectivity index (χ1n) is 12.4. The number of Topliss-reactive ketones (excluding diaryl/α,β-unsaturated/α-hetero) is 1. The van der Waals surface area contributed by atoms with Crippen molar-refractivity contribution in [3.05, 3.63) is 34.9 Å². The first-order chi connectivity index (χ1) is 16.5. The van der Waals surface area contributed by atoms with Gasteiger partial charge >= 0.3 is 0 Å². The average Bonchev–Trinajstić information content (AvgIpc) is 3.23. The van der Waals surface area contributed by atoms with E-state index in [-0.39, 0.29) is 18.2 Å². The Kier molecular flexibility index (Phi) is 6.87. The smallest absolute Gasteiger partial charge is 0.243 e. The van der Waals surface area contributed by atoms with E-state index in [9.17, 15) is 19.2 Å². The number of carbonyl (C=O) groups excluding carboxylic acids is 4. The number of nitrogens with one attached hydrogen (secondary N) is 2. The molecule has 9 heteroatoms. The highest BCUT2D eigenvalue weighted by atomic mass is 16.2. The van der Waals surface area contributed by atoms with Gasteiger partial charge in [-0.2, -0.15) is 0 Å². The summed E-state index contributed by atoms with van der Waals surface area (Å²) >= 11 is 0. The lowest BCUT2D eigenvalue weighted by atomic mass is 9.96. The molecular formula is C25H33N5O4. The van der Waals surface area contributed by atoms with Crippen molar-refractivity contribution in [3.8, 4) is 0 Å². The van der Waals surface area contributed by atoms with E-state index in [0.717, 1.165) is 62.5 Å². The number of piperazine rings is 1. The van der Waals surface area contributed by atoms with Crippen LogP contribution in [-0.4, -0.2) is 89.9 Å². The highest BCUT2D eigenvalue weighted by Crippen LogP contribution is 2.38. The number of hydrogen-bond acceptors (Lipinski definition) is 8. The molecule has 2 atom stereocenters. The second kappa shape index (κ2) is 10.0. The minimum absolute atomic E-state index is 0.237. The summed E-state index contributed by atoms with van der Waals surface area (Å²) < 4.78 is 0. The Morgan fingerprint density at radius 3 is 2.53 bits per heavy atom. The number of aldehydes is 1. The number of benzene rings is 1. The monoisotopic (exact) mass is 467 g/mol. The predicted octanol–water partition coefficient (Wildman–Crippen LogP) is -0.0139. The highest BCUT2D eigenvalue weighted by Gasteiger charge is 2.43. The van der Waals surface area contributed by atoms with Crippen LogP contribution in [0.5, 0.6) is 0 Å². The third-order valence-corrected chi connectivity index (χ3v) is 7.82. The number of imide groups is 1. The molecule has 4 heterocycles. The second-order valence-corrected chi connectivity index (χ2v) is 9.89. The summed E-state index contributed by atoms with van der Waals surface area (Å²) in [4.78, 5) is 55.1. The SMILES string of the molecule is O=CC(=O)C1c2cc(CN3CCC(N4CCNCC4)CC3)ccc2CN1C1CCC(=O)NC1=O. The molecule has 34 heavy (non-hydrogen) atoms. The molecule has 0 aliphatic carbocycles. The first kappa shape index (κ1) is 23.3. The summed E-state index contributed by atoms with van der Waals surface area (Å²) in [6.45, 7) is 7.73. The van der Waals surface area contributed by atoms with Crippen LogP contribution in [-0.2, 0) is 32.3 Å². The van der Waals surface area contributed by atoms with Crippen LogP contribution in [0.25, 0.3) is 0 Å². The Labute approximate surface area is 199 Å². The third-order valence-electron chi connectivity index (χ3n) is 7.82. The summed E-state index contributed by atoms with van der Waals surface area (Å²) in [7, 11) is 0. The van der Waals surface area contributed by atoms with E-state index in [2.05, 4.69) is 26.5 Å². The molecule has 182 valence electrons. The van der Waals surface area contributed by atoms with Crippen molar-refractivity contribution in [3.63, 3.8) is 0 Å². The Morgan fingerprint density at radius 2 is 1.82 bits per heavy atom. The normalized spacial score (nSPS) is 27.4. The van der Waals surface area contributed by atoms with Gasteiger partial charge in [-0.25, -0.2) is 0 Å². The zero-order valence-corrected chi connectivity index (χ0v) is 19.5. The highest BCUT2D eigenvalue weighted by molar-refractivity contribution is 6.27. The van der Waals surface area contributed by atoms with Gasteiger partial charge in [-0.1, -0.05) is 18.2 Å². The number of likely N-dealkylation sites (tertiary alicyclic amines) is 1. The van der Waals surface area contributed by atoms with Gasteiger partial charge in [-0.15, -0.1) is 0 Å². The van der Waals surface area contributed by atoms with Gasteiger partial charge in [0.1, 0.15) is 6.04 Å². The fourth-order valence-corrected chi connectivity index (χ4v) is 6.03. The van der Waals surface area contributed by atoms with Gasteiger partial charge in [0.25, 0.3) is 0 Å². The van der Waals surface area contributed by atoms with Gasteiger partial charge in [0.2, 0.25) is 17.6 Å². The van der Waals surface area contributed by atoms with Gasteiger partial charge in [-0.3, -0.25) is 39.2 Å². The number of piperidine rings is 2. The summed E-state index contributed by atoms with van der Waals surface area (Å²) in [5, 5.41) is 5.79. The maximum absolute atomic E-state index is 12.7.